The predicted molar refractivity (Wildman–Crippen MR) is 179 cm³/mol. The van der Waals surface area contributed by atoms with Crippen LogP contribution in [0, 0.1) is 13.8 Å². The summed E-state index contributed by atoms with van der Waals surface area (Å²) in [5.41, 5.74) is 16.4. The van der Waals surface area contributed by atoms with Crippen molar-refractivity contribution in [3.8, 4) is 33.4 Å². The van der Waals surface area contributed by atoms with Crippen molar-refractivity contribution >= 4 is 17.1 Å². The predicted octanol–water partition coefficient (Wildman–Crippen LogP) is 11.4. The molecular weight excluding hydrogens is 506 g/mol. The van der Waals surface area contributed by atoms with E-state index < -0.39 is 0 Å². The van der Waals surface area contributed by atoms with Crippen LogP contribution in [0.4, 0.5) is 17.1 Å². The van der Waals surface area contributed by atoms with E-state index in [1.165, 1.54) is 72.7 Å². The average molecular weight is 542 g/mol. The van der Waals surface area contributed by atoms with Gasteiger partial charge in [-0.15, -0.1) is 0 Å². The zero-order valence-corrected chi connectivity index (χ0v) is 24.7. The van der Waals surface area contributed by atoms with Gasteiger partial charge in [-0.1, -0.05) is 117 Å². The van der Waals surface area contributed by atoms with Gasteiger partial charge in [0.15, 0.2) is 0 Å². The van der Waals surface area contributed by atoms with Gasteiger partial charge in [0.1, 0.15) is 0 Å². The molecule has 0 N–H and O–H groups in total. The molecule has 6 aromatic carbocycles. The summed E-state index contributed by atoms with van der Waals surface area (Å²) in [5.74, 6) is 0. The van der Waals surface area contributed by atoms with Crippen molar-refractivity contribution < 1.29 is 0 Å². The Morgan fingerprint density at radius 2 is 0.929 bits per heavy atom. The number of anilines is 3. The first-order valence-corrected chi connectivity index (χ1v) is 14.8. The Morgan fingerprint density at radius 1 is 0.429 bits per heavy atom. The third-order valence-corrected chi connectivity index (χ3v) is 8.91. The highest BCUT2D eigenvalue weighted by Gasteiger charge is 2.35. The number of hydrogen-bond donors (Lipinski definition) is 0. The molecule has 0 aliphatic heterocycles. The largest absolute Gasteiger partial charge is 0.310 e. The number of rotatable bonds is 5. The molecule has 0 spiro atoms. The van der Waals surface area contributed by atoms with Crippen LogP contribution in [0.1, 0.15) is 36.1 Å². The third-order valence-electron chi connectivity index (χ3n) is 8.91. The molecule has 1 nitrogen and oxygen atoms in total. The third kappa shape index (κ3) is 4.33. The molecule has 7 rings (SSSR count). The van der Waals surface area contributed by atoms with Crippen LogP contribution >= 0.6 is 0 Å². The fourth-order valence-corrected chi connectivity index (χ4v) is 6.67. The van der Waals surface area contributed by atoms with E-state index in [-0.39, 0.29) is 5.41 Å². The summed E-state index contributed by atoms with van der Waals surface area (Å²) in [6.45, 7) is 9.17. The van der Waals surface area contributed by atoms with Crippen molar-refractivity contribution in [2.75, 3.05) is 4.90 Å². The fraction of sp³-hybridized carbons (Fsp3) is 0.122. The lowest BCUT2D eigenvalue weighted by molar-refractivity contribution is 0.660. The zero-order chi connectivity index (χ0) is 28.8. The second-order valence-electron chi connectivity index (χ2n) is 12.0. The maximum Gasteiger partial charge on any atom is 0.0491 e. The lowest BCUT2D eigenvalue weighted by Gasteiger charge is -2.30. The van der Waals surface area contributed by atoms with Gasteiger partial charge in [-0.2, -0.15) is 0 Å². The van der Waals surface area contributed by atoms with E-state index in [9.17, 15) is 0 Å². The molecule has 204 valence electrons. The maximum atomic E-state index is 2.45. The molecule has 6 aromatic rings. The van der Waals surface area contributed by atoms with Gasteiger partial charge in [0.25, 0.3) is 0 Å². The van der Waals surface area contributed by atoms with Gasteiger partial charge in [-0.05, 0) is 106 Å². The number of nitrogens with zero attached hydrogens (tertiary/aromatic N) is 1. The Balaban J connectivity index is 1.40. The zero-order valence-electron chi connectivity index (χ0n) is 24.7. The first kappa shape index (κ1) is 26.0. The Hall–Kier alpha value is -4.88. The van der Waals surface area contributed by atoms with Crippen LogP contribution in [0.2, 0.25) is 0 Å². The van der Waals surface area contributed by atoms with E-state index in [0.29, 0.717) is 0 Å². The smallest absolute Gasteiger partial charge is 0.0491 e. The second kappa shape index (κ2) is 10.2. The van der Waals surface area contributed by atoms with Gasteiger partial charge in [0, 0.05) is 22.5 Å². The van der Waals surface area contributed by atoms with Crippen molar-refractivity contribution in [1.29, 1.82) is 0 Å². The minimum Gasteiger partial charge on any atom is -0.310 e. The topological polar surface area (TPSA) is 3.24 Å². The summed E-state index contributed by atoms with van der Waals surface area (Å²) in [6, 6.07) is 50.9. The van der Waals surface area contributed by atoms with Crippen LogP contribution < -0.4 is 4.90 Å². The Morgan fingerprint density at radius 3 is 1.48 bits per heavy atom. The standard InChI is InChI=1S/C41H35N/c1-28-25-32(30-13-7-5-8-14-30)19-23-39(28)42(40-24-20-33(26-29(40)2)31-15-9-6-10-16-31)34-21-22-36-35-17-11-12-18-37(35)41(3,4)38(36)27-34/h5-27H,1-4H3. The summed E-state index contributed by atoms with van der Waals surface area (Å²) in [5, 5.41) is 0. The van der Waals surface area contributed by atoms with Crippen LogP contribution in [-0.2, 0) is 5.41 Å². The summed E-state index contributed by atoms with van der Waals surface area (Å²) in [7, 11) is 0. The first-order valence-electron chi connectivity index (χ1n) is 14.8. The molecule has 0 fully saturated rings. The molecule has 0 radical (unpaired) electrons. The van der Waals surface area contributed by atoms with Gasteiger partial charge in [-0.3, -0.25) is 0 Å². The Kier molecular flexibility index (Phi) is 6.32. The molecule has 0 saturated heterocycles. The van der Waals surface area contributed by atoms with Crippen molar-refractivity contribution in [1.82, 2.24) is 0 Å². The summed E-state index contributed by atoms with van der Waals surface area (Å²) in [6.07, 6.45) is 0. The minimum atomic E-state index is -0.0635. The van der Waals surface area contributed by atoms with E-state index in [1.54, 1.807) is 0 Å². The lowest BCUT2D eigenvalue weighted by atomic mass is 9.82. The number of hydrogen-bond acceptors (Lipinski definition) is 1. The highest BCUT2D eigenvalue weighted by molar-refractivity contribution is 5.87. The summed E-state index contributed by atoms with van der Waals surface area (Å²) in [4.78, 5) is 2.45. The lowest BCUT2D eigenvalue weighted by Crippen LogP contribution is -2.17. The molecule has 0 unspecified atom stereocenters. The van der Waals surface area contributed by atoms with Crippen LogP contribution in [0.25, 0.3) is 33.4 Å². The molecule has 1 aliphatic rings. The van der Waals surface area contributed by atoms with Crippen LogP contribution in [0.15, 0.2) is 140 Å². The van der Waals surface area contributed by atoms with Crippen LogP contribution in [-0.4, -0.2) is 0 Å². The normalized spacial score (nSPS) is 13.0. The SMILES string of the molecule is Cc1cc(-c2ccccc2)ccc1N(c1ccc2c(c1)C(C)(C)c1ccccc1-2)c1ccc(-c2ccccc2)cc1C. The molecule has 1 aliphatic carbocycles. The van der Waals surface area contributed by atoms with Crippen LogP contribution in [0.3, 0.4) is 0 Å². The summed E-state index contributed by atoms with van der Waals surface area (Å²) >= 11 is 0. The van der Waals surface area contributed by atoms with Gasteiger partial charge in [0.05, 0.1) is 0 Å². The van der Waals surface area contributed by atoms with Gasteiger partial charge in [0.2, 0.25) is 0 Å². The highest BCUT2D eigenvalue weighted by atomic mass is 15.1. The molecular formula is C41H35N. The number of fused-ring (bicyclic) bond motifs is 3. The molecule has 0 aromatic heterocycles. The van der Waals surface area contributed by atoms with Gasteiger partial charge >= 0.3 is 0 Å². The Labute approximate surface area is 249 Å². The van der Waals surface area contributed by atoms with E-state index in [0.717, 1.165) is 0 Å². The average Bonchev–Trinajstić information content (AvgIpc) is 3.25. The Bertz CT molecular complexity index is 1830. The van der Waals surface area contributed by atoms with Crippen LogP contribution in [0.5, 0.6) is 0 Å². The summed E-state index contributed by atoms with van der Waals surface area (Å²) < 4.78 is 0. The molecule has 1 heteroatoms. The highest BCUT2D eigenvalue weighted by Crippen LogP contribution is 2.51. The van der Waals surface area contributed by atoms with Gasteiger partial charge in [-0.25, -0.2) is 0 Å². The second-order valence-corrected chi connectivity index (χ2v) is 12.0. The van der Waals surface area contributed by atoms with Crippen molar-refractivity contribution in [2.24, 2.45) is 0 Å². The van der Waals surface area contributed by atoms with E-state index in [4.69, 9.17) is 0 Å². The monoisotopic (exact) mass is 541 g/mol. The van der Waals surface area contributed by atoms with E-state index >= 15 is 0 Å². The van der Waals surface area contributed by atoms with Gasteiger partial charge < -0.3 is 4.90 Å². The van der Waals surface area contributed by atoms with Crippen molar-refractivity contribution in [3.63, 3.8) is 0 Å². The van der Waals surface area contributed by atoms with E-state index in [1.807, 2.05) is 0 Å². The maximum absolute atomic E-state index is 2.45. The molecule has 0 bridgehead atoms. The number of benzene rings is 6. The molecule has 0 heterocycles. The minimum absolute atomic E-state index is 0.0635. The fourth-order valence-electron chi connectivity index (χ4n) is 6.67. The number of aryl methyl sites for hydroxylation is 2. The van der Waals surface area contributed by atoms with E-state index in [2.05, 4.69) is 172 Å². The quantitative estimate of drug-likeness (QED) is 0.210. The molecule has 0 saturated carbocycles. The van der Waals surface area contributed by atoms with Crippen molar-refractivity contribution in [2.45, 2.75) is 33.1 Å². The first-order chi connectivity index (χ1) is 20.4. The van der Waals surface area contributed by atoms with Crippen molar-refractivity contribution in [3.05, 3.63) is 162 Å². The molecule has 0 atom stereocenters. The molecule has 0 amide bonds. The molecule has 42 heavy (non-hydrogen) atoms.